The summed E-state index contributed by atoms with van der Waals surface area (Å²) in [7, 11) is 0. The van der Waals surface area contributed by atoms with Crippen LogP contribution in [-0.4, -0.2) is 31.2 Å². The molecule has 1 aliphatic heterocycles. The van der Waals surface area contributed by atoms with Crippen LogP contribution in [0.1, 0.15) is 50.5 Å². The first-order valence-electron chi connectivity index (χ1n) is 8.85. The molecule has 126 valence electrons. The number of benzene rings is 1. The number of ether oxygens (including phenoxy) is 1. The van der Waals surface area contributed by atoms with Crippen molar-refractivity contribution in [2.45, 2.75) is 55.9 Å². The van der Waals surface area contributed by atoms with Crippen molar-refractivity contribution in [2.24, 2.45) is 5.73 Å². The molecule has 4 heteroatoms. The molecule has 0 aromatic heterocycles. The van der Waals surface area contributed by atoms with Crippen molar-refractivity contribution in [3.05, 3.63) is 35.9 Å². The van der Waals surface area contributed by atoms with Crippen molar-refractivity contribution in [3.63, 3.8) is 0 Å². The van der Waals surface area contributed by atoms with Gasteiger partial charge in [-0.15, -0.1) is 0 Å². The van der Waals surface area contributed by atoms with Crippen LogP contribution >= 0.6 is 0 Å². The second-order valence-electron chi connectivity index (χ2n) is 7.16. The van der Waals surface area contributed by atoms with Gasteiger partial charge in [-0.1, -0.05) is 49.6 Å². The summed E-state index contributed by atoms with van der Waals surface area (Å²) >= 11 is 0. The smallest absolute Gasteiger partial charge is 0.240 e. The molecule has 2 aliphatic rings. The minimum atomic E-state index is -0.665. The summed E-state index contributed by atoms with van der Waals surface area (Å²) in [5.41, 5.74) is 6.96. The molecule has 1 saturated heterocycles. The largest absolute Gasteiger partial charge is 0.381 e. The van der Waals surface area contributed by atoms with Crippen LogP contribution in [-0.2, 0) is 14.9 Å². The quantitative estimate of drug-likeness (QED) is 0.897. The number of hydrogen-bond acceptors (Lipinski definition) is 3. The summed E-state index contributed by atoms with van der Waals surface area (Å²) in [4.78, 5) is 12.7. The molecular weight excluding hydrogens is 288 g/mol. The minimum Gasteiger partial charge on any atom is -0.381 e. The average Bonchev–Trinajstić information content (AvgIpc) is 2.62. The SMILES string of the molecule is NC1(C(=O)NCC2(c3ccccc3)CCOCC2)CCCCC1. The second kappa shape index (κ2) is 7.02. The molecule has 23 heavy (non-hydrogen) atoms. The molecule has 4 nitrogen and oxygen atoms in total. The lowest BCUT2D eigenvalue weighted by Crippen LogP contribution is -2.57. The molecule has 0 spiro atoms. The highest BCUT2D eigenvalue weighted by Gasteiger charge is 2.39. The molecule has 1 aromatic rings. The van der Waals surface area contributed by atoms with Gasteiger partial charge in [0.25, 0.3) is 0 Å². The fraction of sp³-hybridized carbons (Fsp3) is 0.632. The second-order valence-corrected chi connectivity index (χ2v) is 7.16. The molecule has 1 amide bonds. The van der Waals surface area contributed by atoms with Crippen molar-refractivity contribution in [1.82, 2.24) is 5.32 Å². The van der Waals surface area contributed by atoms with Crippen LogP contribution in [0.25, 0.3) is 0 Å². The van der Waals surface area contributed by atoms with Crippen LogP contribution in [0, 0.1) is 0 Å². The van der Waals surface area contributed by atoms with E-state index in [-0.39, 0.29) is 11.3 Å². The third-order valence-corrected chi connectivity index (χ3v) is 5.62. The van der Waals surface area contributed by atoms with Gasteiger partial charge in [0.1, 0.15) is 0 Å². The van der Waals surface area contributed by atoms with Crippen molar-refractivity contribution in [3.8, 4) is 0 Å². The lowest BCUT2D eigenvalue weighted by molar-refractivity contribution is -0.128. The summed E-state index contributed by atoms with van der Waals surface area (Å²) in [5, 5.41) is 3.18. The topological polar surface area (TPSA) is 64.4 Å². The third kappa shape index (κ3) is 3.59. The maximum Gasteiger partial charge on any atom is 0.240 e. The Morgan fingerprint density at radius 1 is 1.04 bits per heavy atom. The summed E-state index contributed by atoms with van der Waals surface area (Å²) in [5.74, 6) is 0.0268. The maximum absolute atomic E-state index is 12.7. The molecule has 2 fully saturated rings. The Kier molecular flexibility index (Phi) is 5.02. The van der Waals surface area contributed by atoms with Gasteiger partial charge in [0, 0.05) is 25.2 Å². The van der Waals surface area contributed by atoms with E-state index in [0.717, 1.165) is 51.7 Å². The van der Waals surface area contributed by atoms with E-state index >= 15 is 0 Å². The average molecular weight is 316 g/mol. The predicted octanol–water partition coefficient (Wildman–Crippen LogP) is 2.51. The Morgan fingerprint density at radius 2 is 1.70 bits per heavy atom. The molecule has 1 heterocycles. The van der Waals surface area contributed by atoms with E-state index in [2.05, 4.69) is 29.6 Å². The van der Waals surface area contributed by atoms with E-state index in [1.165, 1.54) is 12.0 Å². The van der Waals surface area contributed by atoms with Crippen molar-refractivity contribution in [1.29, 1.82) is 0 Å². The summed E-state index contributed by atoms with van der Waals surface area (Å²) < 4.78 is 5.55. The number of rotatable bonds is 4. The van der Waals surface area contributed by atoms with Crippen LogP contribution in [0.5, 0.6) is 0 Å². The Balaban J connectivity index is 1.71. The Morgan fingerprint density at radius 3 is 2.35 bits per heavy atom. The molecule has 0 atom stereocenters. The lowest BCUT2D eigenvalue weighted by atomic mass is 9.73. The van der Waals surface area contributed by atoms with Crippen LogP contribution < -0.4 is 11.1 Å². The van der Waals surface area contributed by atoms with E-state index in [4.69, 9.17) is 10.5 Å². The molecule has 0 unspecified atom stereocenters. The molecule has 0 radical (unpaired) electrons. The highest BCUT2D eigenvalue weighted by Crippen LogP contribution is 2.34. The molecule has 3 N–H and O–H groups in total. The van der Waals surface area contributed by atoms with Crippen LogP contribution in [0.4, 0.5) is 0 Å². The zero-order chi connectivity index (χ0) is 16.2. The third-order valence-electron chi connectivity index (χ3n) is 5.62. The number of hydrogen-bond donors (Lipinski definition) is 2. The number of amides is 1. The van der Waals surface area contributed by atoms with E-state index in [1.54, 1.807) is 0 Å². The van der Waals surface area contributed by atoms with E-state index in [1.807, 2.05) is 6.07 Å². The molecular formula is C19H28N2O2. The summed E-state index contributed by atoms with van der Waals surface area (Å²) in [6, 6.07) is 10.5. The van der Waals surface area contributed by atoms with Gasteiger partial charge in [0.05, 0.1) is 5.54 Å². The minimum absolute atomic E-state index is 0.0268. The van der Waals surface area contributed by atoms with Crippen molar-refractivity contribution < 1.29 is 9.53 Å². The standard InChI is InChI=1S/C19H28N2O2/c20-19(9-5-2-6-10-19)17(22)21-15-18(11-13-23-14-12-18)16-7-3-1-4-8-16/h1,3-4,7-8H,2,5-6,9-15,20H2,(H,21,22). The summed E-state index contributed by atoms with van der Waals surface area (Å²) in [6.45, 7) is 2.15. The van der Waals surface area contributed by atoms with E-state index in [0.29, 0.717) is 6.54 Å². The number of nitrogens with two attached hydrogens (primary N) is 1. The Bertz CT molecular complexity index is 517. The van der Waals surface area contributed by atoms with Gasteiger partial charge in [-0.25, -0.2) is 0 Å². The highest BCUT2D eigenvalue weighted by atomic mass is 16.5. The zero-order valence-electron chi connectivity index (χ0n) is 13.9. The van der Waals surface area contributed by atoms with Crippen molar-refractivity contribution >= 4 is 5.91 Å². The molecule has 1 aliphatic carbocycles. The molecule has 1 saturated carbocycles. The summed E-state index contributed by atoms with van der Waals surface area (Å²) in [6.07, 6.45) is 6.80. The predicted molar refractivity (Wildman–Crippen MR) is 91.2 cm³/mol. The normalized spacial score (nSPS) is 23.2. The van der Waals surface area contributed by atoms with Gasteiger partial charge in [-0.2, -0.15) is 0 Å². The van der Waals surface area contributed by atoms with Gasteiger partial charge in [-0.3, -0.25) is 4.79 Å². The fourth-order valence-corrected chi connectivity index (χ4v) is 3.96. The first kappa shape index (κ1) is 16.5. The van der Waals surface area contributed by atoms with Gasteiger partial charge < -0.3 is 15.8 Å². The van der Waals surface area contributed by atoms with Gasteiger partial charge in [0.15, 0.2) is 0 Å². The highest BCUT2D eigenvalue weighted by molar-refractivity contribution is 5.86. The van der Waals surface area contributed by atoms with Crippen LogP contribution in [0.15, 0.2) is 30.3 Å². The number of carbonyl (C=O) groups excluding carboxylic acids is 1. The van der Waals surface area contributed by atoms with Crippen LogP contribution in [0.3, 0.4) is 0 Å². The first-order valence-corrected chi connectivity index (χ1v) is 8.85. The first-order chi connectivity index (χ1) is 11.1. The maximum atomic E-state index is 12.7. The molecule has 0 bridgehead atoms. The lowest BCUT2D eigenvalue weighted by Gasteiger charge is -2.39. The van der Waals surface area contributed by atoms with Gasteiger partial charge in [0.2, 0.25) is 5.91 Å². The van der Waals surface area contributed by atoms with Gasteiger partial charge in [-0.05, 0) is 31.2 Å². The molecule has 1 aromatic carbocycles. The molecule has 3 rings (SSSR count). The van der Waals surface area contributed by atoms with E-state index in [9.17, 15) is 4.79 Å². The Labute approximate surface area is 138 Å². The Hall–Kier alpha value is -1.39. The number of carbonyl (C=O) groups is 1. The van der Waals surface area contributed by atoms with E-state index < -0.39 is 5.54 Å². The fourth-order valence-electron chi connectivity index (χ4n) is 3.96. The van der Waals surface area contributed by atoms with Crippen molar-refractivity contribution in [2.75, 3.05) is 19.8 Å². The monoisotopic (exact) mass is 316 g/mol. The van der Waals surface area contributed by atoms with Crippen LogP contribution in [0.2, 0.25) is 0 Å². The zero-order valence-corrected chi connectivity index (χ0v) is 13.9. The van der Waals surface area contributed by atoms with Gasteiger partial charge >= 0.3 is 0 Å². The number of nitrogens with one attached hydrogen (secondary N) is 1.